The zero-order valence-electron chi connectivity index (χ0n) is 20.0. The van der Waals surface area contributed by atoms with Crippen molar-refractivity contribution >= 4 is 5.95 Å². The molecule has 0 aliphatic rings. The van der Waals surface area contributed by atoms with Gasteiger partial charge in [0.05, 0.1) is 11.4 Å². The Labute approximate surface area is 182 Å². The molecule has 0 amide bonds. The highest BCUT2D eigenvalue weighted by Gasteiger charge is 2.17. The molecule has 0 bridgehead atoms. The Bertz CT molecular complexity index is 966. The van der Waals surface area contributed by atoms with Crippen molar-refractivity contribution < 1.29 is 0 Å². The van der Waals surface area contributed by atoms with E-state index in [-0.39, 0.29) is 5.41 Å². The lowest BCUT2D eigenvalue weighted by Gasteiger charge is -2.20. The Morgan fingerprint density at radius 2 is 1.00 bits per heavy atom. The number of nitrogens with zero attached hydrogens (tertiary/aromatic N) is 2. The van der Waals surface area contributed by atoms with Gasteiger partial charge in [-0.3, -0.25) is 0 Å². The normalized spacial score (nSPS) is 11.6. The fourth-order valence-corrected chi connectivity index (χ4v) is 4.29. The average Bonchev–Trinajstić information content (AvgIpc) is 2.57. The first-order chi connectivity index (χ1) is 13.9. The van der Waals surface area contributed by atoms with Crippen molar-refractivity contribution in [1.29, 1.82) is 0 Å². The van der Waals surface area contributed by atoms with Crippen molar-refractivity contribution in [3.8, 4) is 22.5 Å². The van der Waals surface area contributed by atoms with Crippen molar-refractivity contribution in [2.75, 3.05) is 11.9 Å². The van der Waals surface area contributed by atoms with E-state index in [1.807, 2.05) is 0 Å². The molecule has 0 unspecified atom stereocenters. The van der Waals surface area contributed by atoms with Gasteiger partial charge in [0.2, 0.25) is 5.95 Å². The quantitative estimate of drug-likeness (QED) is 0.506. The first kappa shape index (κ1) is 22.0. The van der Waals surface area contributed by atoms with Crippen LogP contribution in [0.2, 0.25) is 0 Å². The molecule has 1 aromatic heterocycles. The fourth-order valence-electron chi connectivity index (χ4n) is 4.29. The SMILES string of the molecule is Cc1cc(C)c(-c2cc(-c3c(C)cc(C)cc3C)nc(NCC(C)(C)C)n2)c(C)c1. The van der Waals surface area contributed by atoms with Gasteiger partial charge in [0.15, 0.2) is 0 Å². The van der Waals surface area contributed by atoms with Gasteiger partial charge in [-0.2, -0.15) is 0 Å². The Kier molecular flexibility index (Phi) is 6.03. The molecule has 1 N–H and O–H groups in total. The van der Waals surface area contributed by atoms with E-state index in [9.17, 15) is 0 Å². The summed E-state index contributed by atoms with van der Waals surface area (Å²) in [7, 11) is 0. The van der Waals surface area contributed by atoms with Crippen LogP contribution in [-0.4, -0.2) is 16.5 Å². The van der Waals surface area contributed by atoms with Gasteiger partial charge in [0.1, 0.15) is 0 Å². The van der Waals surface area contributed by atoms with E-state index in [2.05, 4.69) is 98.0 Å². The lowest BCUT2D eigenvalue weighted by Crippen LogP contribution is -2.20. The van der Waals surface area contributed by atoms with E-state index >= 15 is 0 Å². The van der Waals surface area contributed by atoms with E-state index in [1.165, 1.54) is 44.5 Å². The molecule has 2 aromatic carbocycles. The van der Waals surface area contributed by atoms with Crippen molar-refractivity contribution in [3.63, 3.8) is 0 Å². The Morgan fingerprint density at radius 1 is 0.633 bits per heavy atom. The van der Waals surface area contributed by atoms with E-state index < -0.39 is 0 Å². The Hall–Kier alpha value is -2.68. The van der Waals surface area contributed by atoms with E-state index in [4.69, 9.17) is 9.97 Å². The Balaban J connectivity index is 2.23. The first-order valence-electron chi connectivity index (χ1n) is 10.7. The summed E-state index contributed by atoms with van der Waals surface area (Å²) in [5.74, 6) is 0.691. The number of hydrogen-bond acceptors (Lipinski definition) is 3. The predicted octanol–water partition coefficient (Wildman–Crippen LogP) is 7.12. The molecule has 3 nitrogen and oxygen atoms in total. The number of aryl methyl sites for hydroxylation is 6. The van der Waals surface area contributed by atoms with Gasteiger partial charge in [-0.05, 0) is 75.3 Å². The summed E-state index contributed by atoms with van der Waals surface area (Å²) < 4.78 is 0. The molecule has 0 aliphatic heterocycles. The minimum atomic E-state index is 0.144. The second kappa shape index (κ2) is 8.22. The lowest BCUT2D eigenvalue weighted by atomic mass is 9.94. The summed E-state index contributed by atoms with van der Waals surface area (Å²) in [6.45, 7) is 20.4. The largest absolute Gasteiger partial charge is 0.354 e. The highest BCUT2D eigenvalue weighted by atomic mass is 15.1. The van der Waals surface area contributed by atoms with Crippen LogP contribution in [0.25, 0.3) is 22.5 Å². The minimum Gasteiger partial charge on any atom is -0.354 e. The molecule has 3 aromatic rings. The predicted molar refractivity (Wildman–Crippen MR) is 129 cm³/mol. The minimum absolute atomic E-state index is 0.144. The third-order valence-electron chi connectivity index (χ3n) is 5.37. The summed E-state index contributed by atoms with van der Waals surface area (Å²) in [4.78, 5) is 9.88. The van der Waals surface area contributed by atoms with Gasteiger partial charge in [-0.15, -0.1) is 0 Å². The molecule has 0 spiro atoms. The van der Waals surface area contributed by atoms with Gasteiger partial charge < -0.3 is 5.32 Å². The third-order valence-corrected chi connectivity index (χ3v) is 5.37. The maximum absolute atomic E-state index is 4.94. The number of hydrogen-bond donors (Lipinski definition) is 1. The molecule has 3 heteroatoms. The summed E-state index contributed by atoms with van der Waals surface area (Å²) in [5, 5.41) is 3.48. The zero-order chi connectivity index (χ0) is 22.2. The van der Waals surface area contributed by atoms with Crippen molar-refractivity contribution in [2.24, 2.45) is 5.41 Å². The zero-order valence-corrected chi connectivity index (χ0v) is 20.0. The molecule has 0 saturated carbocycles. The van der Waals surface area contributed by atoms with Gasteiger partial charge in [0, 0.05) is 17.7 Å². The second-order valence-corrected chi connectivity index (χ2v) is 9.92. The van der Waals surface area contributed by atoms with Gasteiger partial charge in [-0.1, -0.05) is 56.2 Å². The highest BCUT2D eigenvalue weighted by molar-refractivity contribution is 5.76. The van der Waals surface area contributed by atoms with E-state index in [1.54, 1.807) is 0 Å². The summed E-state index contributed by atoms with van der Waals surface area (Å²) >= 11 is 0. The molecular formula is C27H35N3. The number of rotatable bonds is 4. The van der Waals surface area contributed by atoms with E-state index in [0.29, 0.717) is 5.95 Å². The van der Waals surface area contributed by atoms with Crippen LogP contribution in [0, 0.1) is 47.0 Å². The van der Waals surface area contributed by atoms with Crippen LogP contribution in [0.5, 0.6) is 0 Å². The standard InChI is InChI=1S/C27H35N3/c1-16-10-18(3)24(19(4)11-16)22-14-23(25-20(5)12-17(2)13-21(25)6)30-26(29-22)28-15-27(7,8)9/h10-14H,15H2,1-9H3,(H,28,29,30). The van der Waals surface area contributed by atoms with Crippen LogP contribution >= 0.6 is 0 Å². The first-order valence-corrected chi connectivity index (χ1v) is 10.7. The molecule has 0 atom stereocenters. The summed E-state index contributed by atoms with van der Waals surface area (Å²) in [6, 6.07) is 11.1. The van der Waals surface area contributed by atoms with Crippen LogP contribution in [-0.2, 0) is 0 Å². The van der Waals surface area contributed by atoms with Crippen LogP contribution in [0.15, 0.2) is 30.3 Å². The van der Waals surface area contributed by atoms with Gasteiger partial charge in [-0.25, -0.2) is 9.97 Å². The van der Waals surface area contributed by atoms with Crippen molar-refractivity contribution in [3.05, 3.63) is 63.7 Å². The lowest BCUT2D eigenvalue weighted by molar-refractivity contribution is 0.442. The van der Waals surface area contributed by atoms with Gasteiger partial charge in [0.25, 0.3) is 0 Å². The third kappa shape index (κ3) is 4.89. The maximum Gasteiger partial charge on any atom is 0.223 e. The molecule has 158 valence electrons. The molecular weight excluding hydrogens is 366 g/mol. The summed E-state index contributed by atoms with van der Waals surface area (Å²) in [5.41, 5.74) is 12.0. The van der Waals surface area contributed by atoms with E-state index in [0.717, 1.165) is 17.9 Å². The van der Waals surface area contributed by atoms with Crippen molar-refractivity contribution in [1.82, 2.24) is 9.97 Å². The molecule has 0 saturated heterocycles. The average molecular weight is 402 g/mol. The molecule has 30 heavy (non-hydrogen) atoms. The molecule has 3 rings (SSSR count). The molecule has 0 aliphatic carbocycles. The highest BCUT2D eigenvalue weighted by Crippen LogP contribution is 2.33. The molecule has 1 heterocycles. The topological polar surface area (TPSA) is 37.8 Å². The monoisotopic (exact) mass is 401 g/mol. The van der Waals surface area contributed by atoms with Crippen LogP contribution in [0.1, 0.15) is 54.2 Å². The van der Waals surface area contributed by atoms with Crippen molar-refractivity contribution in [2.45, 2.75) is 62.3 Å². The second-order valence-electron chi connectivity index (χ2n) is 9.92. The Morgan fingerprint density at radius 3 is 1.33 bits per heavy atom. The number of nitrogens with one attached hydrogen (secondary N) is 1. The fraction of sp³-hybridized carbons (Fsp3) is 0.407. The smallest absolute Gasteiger partial charge is 0.223 e. The molecule has 0 radical (unpaired) electrons. The van der Waals surface area contributed by atoms with Crippen LogP contribution < -0.4 is 5.32 Å². The van der Waals surface area contributed by atoms with Crippen LogP contribution in [0.4, 0.5) is 5.95 Å². The van der Waals surface area contributed by atoms with Gasteiger partial charge >= 0.3 is 0 Å². The number of benzene rings is 2. The number of aromatic nitrogens is 2. The number of anilines is 1. The molecule has 0 fully saturated rings. The maximum atomic E-state index is 4.94. The van der Waals surface area contributed by atoms with Crippen LogP contribution in [0.3, 0.4) is 0 Å². The summed E-state index contributed by atoms with van der Waals surface area (Å²) in [6.07, 6.45) is 0.